The lowest BCUT2D eigenvalue weighted by molar-refractivity contribution is 0.670. The van der Waals surface area contributed by atoms with Crippen LogP contribution in [0, 0.1) is 6.92 Å². The molecule has 83 valence electrons. The van der Waals surface area contributed by atoms with Crippen LogP contribution in [0.15, 0.2) is 12.2 Å². The van der Waals surface area contributed by atoms with Gasteiger partial charge in [0, 0.05) is 0 Å². The second-order valence-electron chi connectivity index (χ2n) is 4.02. The van der Waals surface area contributed by atoms with Crippen LogP contribution in [0.25, 0.3) is 0 Å². The van der Waals surface area contributed by atoms with Crippen LogP contribution in [0.4, 0.5) is 0 Å². The fraction of sp³-hybridized carbons (Fsp3) is 0.786. The van der Waals surface area contributed by atoms with Crippen LogP contribution in [0.3, 0.4) is 0 Å². The predicted molar refractivity (Wildman–Crippen MR) is 66.3 cm³/mol. The number of rotatable bonds is 10. The topological polar surface area (TPSA) is 0 Å². The number of hydrogen-bond donors (Lipinski definition) is 0. The molecule has 0 amide bonds. The summed E-state index contributed by atoms with van der Waals surface area (Å²) in [4.78, 5) is 0. The maximum atomic E-state index is 3.84. The van der Waals surface area contributed by atoms with Gasteiger partial charge in [-0.15, -0.1) is 0 Å². The van der Waals surface area contributed by atoms with Crippen LogP contribution < -0.4 is 0 Å². The standard InChI is InChI=1S/C14H27/c1-3-5-7-9-11-13-14-12-10-8-6-4-2/h13-14H,1,3-12H2,2H3/b14-13-. The largest absolute Gasteiger partial charge is 0.0885 e. The van der Waals surface area contributed by atoms with Gasteiger partial charge in [-0.25, -0.2) is 0 Å². The molecular weight excluding hydrogens is 168 g/mol. The molecule has 0 aromatic carbocycles. The molecule has 0 aromatic heterocycles. The van der Waals surface area contributed by atoms with Gasteiger partial charge in [-0.1, -0.05) is 64.5 Å². The summed E-state index contributed by atoms with van der Waals surface area (Å²) < 4.78 is 0. The molecule has 0 heteroatoms. The molecule has 0 aliphatic heterocycles. The van der Waals surface area contributed by atoms with E-state index in [0.29, 0.717) is 0 Å². The van der Waals surface area contributed by atoms with E-state index >= 15 is 0 Å². The molecule has 0 saturated carbocycles. The van der Waals surface area contributed by atoms with Crippen molar-refractivity contribution in [3.63, 3.8) is 0 Å². The van der Waals surface area contributed by atoms with Crippen molar-refractivity contribution in [2.75, 3.05) is 0 Å². The van der Waals surface area contributed by atoms with Crippen LogP contribution in [0.5, 0.6) is 0 Å². The molecule has 0 saturated heterocycles. The van der Waals surface area contributed by atoms with Gasteiger partial charge in [0.25, 0.3) is 0 Å². The molecule has 0 aliphatic carbocycles. The first kappa shape index (κ1) is 13.7. The Balaban J connectivity index is 2.96. The molecule has 0 unspecified atom stereocenters. The molecule has 0 aliphatic rings. The Labute approximate surface area is 90.8 Å². The van der Waals surface area contributed by atoms with E-state index in [4.69, 9.17) is 0 Å². The lowest BCUT2D eigenvalue weighted by Gasteiger charge is -1.95. The van der Waals surface area contributed by atoms with E-state index in [0.717, 1.165) is 6.42 Å². The molecule has 0 aromatic rings. The molecule has 0 heterocycles. The number of unbranched alkanes of at least 4 members (excludes halogenated alkanes) is 8. The fourth-order valence-corrected chi connectivity index (χ4v) is 1.54. The monoisotopic (exact) mass is 195 g/mol. The maximum Gasteiger partial charge on any atom is -0.0351 e. The second-order valence-corrected chi connectivity index (χ2v) is 4.02. The summed E-state index contributed by atoms with van der Waals surface area (Å²) in [5, 5.41) is 0. The first-order valence-electron chi connectivity index (χ1n) is 6.36. The van der Waals surface area contributed by atoms with Gasteiger partial charge in [0.2, 0.25) is 0 Å². The third-order valence-corrected chi connectivity index (χ3v) is 2.51. The highest BCUT2D eigenvalue weighted by atomic mass is 13.9. The Morgan fingerprint density at radius 1 is 0.786 bits per heavy atom. The maximum absolute atomic E-state index is 3.84. The van der Waals surface area contributed by atoms with E-state index in [9.17, 15) is 0 Å². The molecule has 0 nitrogen and oxygen atoms in total. The second kappa shape index (κ2) is 12.7. The average molecular weight is 195 g/mol. The zero-order valence-electron chi connectivity index (χ0n) is 9.93. The molecule has 0 spiro atoms. The zero-order valence-corrected chi connectivity index (χ0v) is 9.93. The predicted octanol–water partition coefficient (Wildman–Crippen LogP) is 5.30. The smallest absolute Gasteiger partial charge is 0.0351 e. The van der Waals surface area contributed by atoms with Crippen molar-refractivity contribution in [3.05, 3.63) is 19.1 Å². The Morgan fingerprint density at radius 2 is 1.36 bits per heavy atom. The Bertz CT molecular complexity index is 99.2. The van der Waals surface area contributed by atoms with E-state index in [-0.39, 0.29) is 0 Å². The number of hydrogen-bond acceptors (Lipinski definition) is 0. The summed E-state index contributed by atoms with van der Waals surface area (Å²) >= 11 is 0. The van der Waals surface area contributed by atoms with E-state index in [1.807, 2.05) is 0 Å². The van der Waals surface area contributed by atoms with E-state index in [2.05, 4.69) is 26.0 Å². The van der Waals surface area contributed by atoms with Gasteiger partial charge in [0.15, 0.2) is 0 Å². The van der Waals surface area contributed by atoms with Crippen LogP contribution >= 0.6 is 0 Å². The summed E-state index contributed by atoms with van der Waals surface area (Å²) in [5.74, 6) is 0. The lowest BCUT2D eigenvalue weighted by Crippen LogP contribution is -1.75. The van der Waals surface area contributed by atoms with Crippen molar-refractivity contribution < 1.29 is 0 Å². The van der Waals surface area contributed by atoms with Crippen LogP contribution in [0.2, 0.25) is 0 Å². The summed E-state index contributed by atoms with van der Waals surface area (Å²) in [7, 11) is 0. The normalized spacial score (nSPS) is 11.3. The first-order valence-corrected chi connectivity index (χ1v) is 6.36. The first-order chi connectivity index (χ1) is 6.91. The summed E-state index contributed by atoms with van der Waals surface area (Å²) in [5.41, 5.74) is 0. The fourth-order valence-electron chi connectivity index (χ4n) is 1.54. The van der Waals surface area contributed by atoms with Gasteiger partial charge >= 0.3 is 0 Å². The van der Waals surface area contributed by atoms with Crippen LogP contribution in [-0.2, 0) is 0 Å². The highest BCUT2D eigenvalue weighted by Crippen LogP contribution is 2.05. The SMILES string of the molecule is [CH2]CCCCC/C=C\CCCCCC. The minimum atomic E-state index is 1.10. The lowest BCUT2D eigenvalue weighted by atomic mass is 10.1. The zero-order chi connectivity index (χ0) is 10.5. The van der Waals surface area contributed by atoms with E-state index in [1.165, 1.54) is 57.8 Å². The van der Waals surface area contributed by atoms with E-state index in [1.54, 1.807) is 0 Å². The molecule has 0 rings (SSSR count). The average Bonchev–Trinajstić information content (AvgIpc) is 2.21. The molecule has 0 N–H and O–H groups in total. The Kier molecular flexibility index (Phi) is 12.5. The van der Waals surface area contributed by atoms with Crippen molar-refractivity contribution in [3.8, 4) is 0 Å². The molecule has 0 atom stereocenters. The van der Waals surface area contributed by atoms with Crippen molar-refractivity contribution >= 4 is 0 Å². The summed E-state index contributed by atoms with van der Waals surface area (Å²) in [6.45, 7) is 6.11. The highest BCUT2D eigenvalue weighted by molar-refractivity contribution is 4.81. The molecule has 0 bridgehead atoms. The highest BCUT2D eigenvalue weighted by Gasteiger charge is 1.86. The quantitative estimate of drug-likeness (QED) is 0.328. The van der Waals surface area contributed by atoms with Gasteiger partial charge in [-0.3, -0.25) is 0 Å². The van der Waals surface area contributed by atoms with Gasteiger partial charge in [0.1, 0.15) is 0 Å². The molecule has 1 radical (unpaired) electrons. The van der Waals surface area contributed by atoms with Crippen LogP contribution in [0.1, 0.15) is 71.1 Å². The van der Waals surface area contributed by atoms with Crippen LogP contribution in [-0.4, -0.2) is 0 Å². The minimum Gasteiger partial charge on any atom is -0.0885 e. The molecule has 0 fully saturated rings. The molecule has 14 heavy (non-hydrogen) atoms. The van der Waals surface area contributed by atoms with Crippen molar-refractivity contribution in [2.45, 2.75) is 71.1 Å². The van der Waals surface area contributed by atoms with Gasteiger partial charge in [0.05, 0.1) is 0 Å². The number of allylic oxidation sites excluding steroid dienone is 2. The minimum absolute atomic E-state index is 1.10. The van der Waals surface area contributed by atoms with Crippen molar-refractivity contribution in [2.24, 2.45) is 0 Å². The third kappa shape index (κ3) is 11.7. The van der Waals surface area contributed by atoms with Gasteiger partial charge < -0.3 is 0 Å². The van der Waals surface area contributed by atoms with Gasteiger partial charge in [-0.2, -0.15) is 0 Å². The molecular formula is C14H27. The summed E-state index contributed by atoms with van der Waals surface area (Å²) in [6, 6.07) is 0. The van der Waals surface area contributed by atoms with Crippen molar-refractivity contribution in [1.82, 2.24) is 0 Å². The van der Waals surface area contributed by atoms with E-state index < -0.39 is 0 Å². The Hall–Kier alpha value is -0.260. The van der Waals surface area contributed by atoms with Crippen molar-refractivity contribution in [1.29, 1.82) is 0 Å². The Morgan fingerprint density at radius 3 is 1.86 bits per heavy atom. The third-order valence-electron chi connectivity index (χ3n) is 2.51. The summed E-state index contributed by atoms with van der Waals surface area (Å²) in [6.07, 6.45) is 17.9. The van der Waals surface area contributed by atoms with Gasteiger partial charge in [-0.05, 0) is 25.7 Å².